The Hall–Kier alpha value is -1.80. The van der Waals surface area contributed by atoms with E-state index in [1.54, 1.807) is 0 Å². The van der Waals surface area contributed by atoms with Crippen molar-refractivity contribution in [1.29, 1.82) is 0 Å². The van der Waals surface area contributed by atoms with E-state index in [4.69, 9.17) is 0 Å². The van der Waals surface area contributed by atoms with Crippen molar-refractivity contribution >= 4 is 5.69 Å². The van der Waals surface area contributed by atoms with Crippen LogP contribution < -0.4 is 10.2 Å². The van der Waals surface area contributed by atoms with Crippen LogP contribution >= 0.6 is 0 Å². The van der Waals surface area contributed by atoms with Gasteiger partial charge in [-0.3, -0.25) is 0 Å². The van der Waals surface area contributed by atoms with Crippen LogP contribution in [0.5, 0.6) is 0 Å². The Morgan fingerprint density at radius 2 is 1.67 bits per heavy atom. The smallest absolute Gasteiger partial charge is 0.0361 e. The van der Waals surface area contributed by atoms with Crippen molar-refractivity contribution < 1.29 is 0 Å². The SMILES string of the molecule is Cc1cc(CNC(C)C)ccc1-c1ccc(N(C)C)cc1. The minimum atomic E-state index is 0.517. The molecule has 2 nitrogen and oxygen atoms in total. The lowest BCUT2D eigenvalue weighted by molar-refractivity contribution is 0.589. The molecule has 21 heavy (non-hydrogen) atoms. The first-order valence-electron chi connectivity index (χ1n) is 7.58. The average Bonchev–Trinajstić information content (AvgIpc) is 2.45. The molecule has 1 N–H and O–H groups in total. The minimum Gasteiger partial charge on any atom is -0.378 e. The van der Waals surface area contributed by atoms with Crippen molar-refractivity contribution in [3.8, 4) is 11.1 Å². The van der Waals surface area contributed by atoms with Gasteiger partial charge in [0.25, 0.3) is 0 Å². The van der Waals surface area contributed by atoms with Gasteiger partial charge in [0.1, 0.15) is 0 Å². The second-order valence-electron chi connectivity index (χ2n) is 6.13. The summed E-state index contributed by atoms with van der Waals surface area (Å²) in [6.07, 6.45) is 0. The van der Waals surface area contributed by atoms with E-state index in [0.717, 1.165) is 6.54 Å². The summed E-state index contributed by atoms with van der Waals surface area (Å²) in [6.45, 7) is 7.47. The number of rotatable bonds is 5. The van der Waals surface area contributed by atoms with Gasteiger partial charge in [-0.15, -0.1) is 0 Å². The Labute approximate surface area is 128 Å². The molecule has 0 saturated heterocycles. The fourth-order valence-corrected chi connectivity index (χ4v) is 2.42. The van der Waals surface area contributed by atoms with E-state index in [0.29, 0.717) is 6.04 Å². The Kier molecular flexibility index (Phi) is 5.03. The first-order chi connectivity index (χ1) is 9.97. The van der Waals surface area contributed by atoms with Crippen LogP contribution in [0, 0.1) is 6.92 Å². The molecule has 0 aliphatic rings. The zero-order valence-electron chi connectivity index (χ0n) is 13.8. The van der Waals surface area contributed by atoms with E-state index in [2.05, 4.69) is 87.5 Å². The van der Waals surface area contributed by atoms with Crippen molar-refractivity contribution in [1.82, 2.24) is 5.32 Å². The molecular formula is C19H26N2. The second kappa shape index (κ2) is 6.77. The van der Waals surface area contributed by atoms with Crippen LogP contribution in [0.1, 0.15) is 25.0 Å². The van der Waals surface area contributed by atoms with Crippen molar-refractivity contribution in [3.63, 3.8) is 0 Å². The van der Waals surface area contributed by atoms with Gasteiger partial charge in [0.05, 0.1) is 0 Å². The van der Waals surface area contributed by atoms with Crippen LogP contribution in [-0.2, 0) is 6.54 Å². The number of nitrogens with zero attached hydrogens (tertiary/aromatic N) is 1. The quantitative estimate of drug-likeness (QED) is 0.883. The lowest BCUT2D eigenvalue weighted by Crippen LogP contribution is -2.21. The van der Waals surface area contributed by atoms with Crippen LogP contribution in [0.4, 0.5) is 5.69 Å². The lowest BCUT2D eigenvalue weighted by atomic mass is 9.98. The lowest BCUT2D eigenvalue weighted by Gasteiger charge is -2.14. The van der Waals surface area contributed by atoms with E-state index < -0.39 is 0 Å². The van der Waals surface area contributed by atoms with E-state index in [1.165, 1.54) is 27.9 Å². The normalized spacial score (nSPS) is 11.0. The van der Waals surface area contributed by atoms with Gasteiger partial charge in [-0.1, -0.05) is 44.2 Å². The van der Waals surface area contributed by atoms with Gasteiger partial charge in [-0.2, -0.15) is 0 Å². The zero-order chi connectivity index (χ0) is 15.4. The highest BCUT2D eigenvalue weighted by Gasteiger charge is 2.04. The second-order valence-corrected chi connectivity index (χ2v) is 6.13. The first kappa shape index (κ1) is 15.6. The molecule has 2 rings (SSSR count). The van der Waals surface area contributed by atoms with E-state index in [1.807, 2.05) is 0 Å². The summed E-state index contributed by atoms with van der Waals surface area (Å²) in [4.78, 5) is 2.12. The van der Waals surface area contributed by atoms with Gasteiger partial charge in [0.15, 0.2) is 0 Å². The molecule has 0 unspecified atom stereocenters. The molecule has 2 heteroatoms. The van der Waals surface area contributed by atoms with Crippen LogP contribution in [0.25, 0.3) is 11.1 Å². The molecule has 0 atom stereocenters. The molecule has 0 aromatic heterocycles. The summed E-state index contributed by atoms with van der Waals surface area (Å²) in [5.74, 6) is 0. The Morgan fingerprint density at radius 3 is 2.19 bits per heavy atom. The molecule has 2 aromatic rings. The van der Waals surface area contributed by atoms with Gasteiger partial charge in [0, 0.05) is 32.4 Å². The maximum Gasteiger partial charge on any atom is 0.0361 e. The molecule has 0 fully saturated rings. The van der Waals surface area contributed by atoms with Crippen molar-refractivity contribution in [3.05, 3.63) is 53.6 Å². The molecule has 0 bridgehead atoms. The summed E-state index contributed by atoms with van der Waals surface area (Å²) in [5.41, 5.74) is 6.50. The van der Waals surface area contributed by atoms with Gasteiger partial charge >= 0.3 is 0 Å². The third-order valence-corrected chi connectivity index (χ3v) is 3.70. The minimum absolute atomic E-state index is 0.517. The van der Waals surface area contributed by atoms with Gasteiger partial charge in [-0.05, 0) is 41.3 Å². The third kappa shape index (κ3) is 4.08. The fourth-order valence-electron chi connectivity index (χ4n) is 2.42. The number of hydrogen-bond donors (Lipinski definition) is 1. The maximum absolute atomic E-state index is 3.46. The molecule has 0 aliphatic heterocycles. The summed E-state index contributed by atoms with van der Waals surface area (Å²) in [6, 6.07) is 16.0. The molecule has 2 aromatic carbocycles. The van der Waals surface area contributed by atoms with E-state index in [9.17, 15) is 0 Å². The predicted octanol–water partition coefficient (Wildman–Crippen LogP) is 4.23. The molecule has 0 amide bonds. The Bertz CT molecular complexity index is 583. The topological polar surface area (TPSA) is 15.3 Å². The third-order valence-electron chi connectivity index (χ3n) is 3.70. The standard InChI is InChI=1S/C19H26N2/c1-14(2)20-13-16-6-11-19(15(3)12-16)17-7-9-18(10-8-17)21(4)5/h6-12,14,20H,13H2,1-5H3. The number of hydrogen-bond acceptors (Lipinski definition) is 2. The number of anilines is 1. The maximum atomic E-state index is 3.46. The highest BCUT2D eigenvalue weighted by atomic mass is 15.1. The summed E-state index contributed by atoms with van der Waals surface area (Å²) < 4.78 is 0. The number of aryl methyl sites for hydroxylation is 1. The Morgan fingerprint density at radius 1 is 1.00 bits per heavy atom. The van der Waals surface area contributed by atoms with Crippen LogP contribution in [0.2, 0.25) is 0 Å². The fraction of sp³-hybridized carbons (Fsp3) is 0.368. The Balaban J connectivity index is 2.20. The highest BCUT2D eigenvalue weighted by Crippen LogP contribution is 2.26. The van der Waals surface area contributed by atoms with Gasteiger partial charge in [-0.25, -0.2) is 0 Å². The monoisotopic (exact) mass is 282 g/mol. The average molecular weight is 282 g/mol. The van der Waals surface area contributed by atoms with Crippen molar-refractivity contribution in [2.75, 3.05) is 19.0 Å². The van der Waals surface area contributed by atoms with Crippen LogP contribution in [0.3, 0.4) is 0 Å². The van der Waals surface area contributed by atoms with Crippen LogP contribution in [0.15, 0.2) is 42.5 Å². The highest BCUT2D eigenvalue weighted by molar-refractivity contribution is 5.69. The number of benzene rings is 2. The summed E-state index contributed by atoms with van der Waals surface area (Å²) in [5, 5.41) is 3.46. The summed E-state index contributed by atoms with van der Waals surface area (Å²) >= 11 is 0. The predicted molar refractivity (Wildman–Crippen MR) is 92.9 cm³/mol. The van der Waals surface area contributed by atoms with Gasteiger partial charge in [0.2, 0.25) is 0 Å². The summed E-state index contributed by atoms with van der Waals surface area (Å²) in [7, 11) is 4.13. The molecule has 0 radical (unpaired) electrons. The van der Waals surface area contributed by atoms with Crippen LogP contribution in [-0.4, -0.2) is 20.1 Å². The molecule has 0 aliphatic carbocycles. The molecule has 0 saturated carbocycles. The first-order valence-corrected chi connectivity index (χ1v) is 7.58. The number of nitrogens with one attached hydrogen (secondary N) is 1. The van der Waals surface area contributed by atoms with E-state index >= 15 is 0 Å². The molecule has 112 valence electrons. The molecule has 0 spiro atoms. The largest absolute Gasteiger partial charge is 0.378 e. The van der Waals surface area contributed by atoms with Crippen molar-refractivity contribution in [2.45, 2.75) is 33.4 Å². The molecule has 0 heterocycles. The van der Waals surface area contributed by atoms with E-state index in [-0.39, 0.29) is 0 Å². The molecular weight excluding hydrogens is 256 g/mol. The zero-order valence-corrected chi connectivity index (χ0v) is 13.8. The van der Waals surface area contributed by atoms with Crippen molar-refractivity contribution in [2.24, 2.45) is 0 Å². The van der Waals surface area contributed by atoms with Gasteiger partial charge < -0.3 is 10.2 Å².